The molecule has 3 aromatic carbocycles. The summed E-state index contributed by atoms with van der Waals surface area (Å²) in [6, 6.07) is 22.8. The summed E-state index contributed by atoms with van der Waals surface area (Å²) in [5, 5.41) is 9.56. The van der Waals surface area contributed by atoms with E-state index in [0.29, 0.717) is 26.6 Å². The first-order valence-electron chi connectivity index (χ1n) is 8.31. The first kappa shape index (κ1) is 19.7. The van der Waals surface area contributed by atoms with Crippen molar-refractivity contribution in [3.63, 3.8) is 0 Å². The SMILES string of the molecule is N#Cc1ccccc1Sc1ccccc1C(=O)OCC(=O)c1ccccc1Cl. The van der Waals surface area contributed by atoms with Gasteiger partial charge in [-0.1, -0.05) is 59.8 Å². The number of nitrogens with zero attached hydrogens (tertiary/aromatic N) is 1. The number of halogens is 1. The predicted molar refractivity (Wildman–Crippen MR) is 108 cm³/mol. The molecule has 138 valence electrons. The van der Waals surface area contributed by atoms with Gasteiger partial charge in [0, 0.05) is 15.4 Å². The second kappa shape index (κ2) is 9.23. The van der Waals surface area contributed by atoms with Crippen molar-refractivity contribution in [3.05, 3.63) is 94.5 Å². The summed E-state index contributed by atoms with van der Waals surface area (Å²) in [7, 11) is 0. The normalized spacial score (nSPS) is 10.1. The molecule has 3 rings (SSSR count). The minimum atomic E-state index is -0.613. The fraction of sp³-hybridized carbons (Fsp3) is 0.0455. The van der Waals surface area contributed by atoms with E-state index in [0.717, 1.165) is 4.90 Å². The lowest BCUT2D eigenvalue weighted by Crippen LogP contribution is -2.15. The molecule has 0 saturated heterocycles. The maximum atomic E-state index is 12.5. The summed E-state index contributed by atoms with van der Waals surface area (Å²) in [6.45, 7) is -0.406. The summed E-state index contributed by atoms with van der Waals surface area (Å²) in [5.74, 6) is -0.989. The lowest BCUT2D eigenvalue weighted by molar-refractivity contribution is 0.0471. The van der Waals surface area contributed by atoms with Crippen LogP contribution in [0, 0.1) is 11.3 Å². The van der Waals surface area contributed by atoms with E-state index in [1.807, 2.05) is 12.1 Å². The van der Waals surface area contributed by atoms with E-state index in [2.05, 4.69) is 6.07 Å². The van der Waals surface area contributed by atoms with Crippen molar-refractivity contribution in [1.29, 1.82) is 5.26 Å². The highest BCUT2D eigenvalue weighted by atomic mass is 35.5. The molecule has 3 aromatic rings. The minimum absolute atomic E-state index is 0.308. The molecule has 0 saturated carbocycles. The average molecular weight is 408 g/mol. The van der Waals surface area contributed by atoms with Gasteiger partial charge in [-0.3, -0.25) is 4.79 Å². The third kappa shape index (κ3) is 4.61. The molecule has 0 atom stereocenters. The fourth-order valence-electron chi connectivity index (χ4n) is 2.46. The highest BCUT2D eigenvalue weighted by Gasteiger charge is 2.17. The van der Waals surface area contributed by atoms with Crippen LogP contribution in [0.3, 0.4) is 0 Å². The molecule has 0 aliphatic carbocycles. The van der Waals surface area contributed by atoms with Crippen LogP contribution in [0.25, 0.3) is 0 Å². The number of ether oxygens (including phenoxy) is 1. The predicted octanol–water partition coefficient (Wildman–Crippen LogP) is 5.40. The molecular weight excluding hydrogens is 394 g/mol. The third-order valence-corrected chi connectivity index (χ3v) is 5.32. The van der Waals surface area contributed by atoms with E-state index >= 15 is 0 Å². The molecule has 0 radical (unpaired) electrons. The van der Waals surface area contributed by atoms with E-state index in [1.54, 1.807) is 60.7 Å². The van der Waals surface area contributed by atoms with Crippen molar-refractivity contribution in [1.82, 2.24) is 0 Å². The number of nitriles is 1. The van der Waals surface area contributed by atoms with Gasteiger partial charge in [-0.25, -0.2) is 4.79 Å². The van der Waals surface area contributed by atoms with Gasteiger partial charge in [-0.2, -0.15) is 5.26 Å². The zero-order valence-electron chi connectivity index (χ0n) is 14.6. The lowest BCUT2D eigenvalue weighted by Gasteiger charge is -2.10. The molecule has 28 heavy (non-hydrogen) atoms. The van der Waals surface area contributed by atoms with Crippen LogP contribution in [0.5, 0.6) is 0 Å². The van der Waals surface area contributed by atoms with Crippen LogP contribution in [-0.4, -0.2) is 18.4 Å². The smallest absolute Gasteiger partial charge is 0.339 e. The highest BCUT2D eigenvalue weighted by molar-refractivity contribution is 7.99. The molecule has 0 N–H and O–H groups in total. The quantitative estimate of drug-likeness (QED) is 0.404. The fourth-order valence-corrected chi connectivity index (χ4v) is 3.72. The lowest BCUT2D eigenvalue weighted by atomic mass is 10.1. The Bertz CT molecular complexity index is 1080. The second-order valence-corrected chi connectivity index (χ2v) is 7.18. The van der Waals surface area contributed by atoms with Crippen LogP contribution in [0.15, 0.2) is 82.6 Å². The number of hydrogen-bond donors (Lipinski definition) is 0. The van der Waals surface area contributed by atoms with Crippen molar-refractivity contribution in [3.8, 4) is 6.07 Å². The molecule has 0 bridgehead atoms. The van der Waals surface area contributed by atoms with Crippen LogP contribution >= 0.6 is 23.4 Å². The molecule has 0 unspecified atom stereocenters. The standard InChI is InChI=1S/C22H14ClNO3S/c23-18-10-4-2-8-16(18)19(25)14-27-22(26)17-9-3-6-12-21(17)28-20-11-5-1-7-15(20)13-24/h1-12H,14H2. The zero-order chi connectivity index (χ0) is 19.9. The molecule has 0 aliphatic rings. The molecule has 0 amide bonds. The van der Waals surface area contributed by atoms with E-state index in [4.69, 9.17) is 16.3 Å². The summed E-state index contributed by atoms with van der Waals surface area (Å²) < 4.78 is 5.21. The second-order valence-electron chi connectivity index (χ2n) is 5.69. The van der Waals surface area contributed by atoms with Crippen LogP contribution in [-0.2, 0) is 4.74 Å². The Balaban J connectivity index is 1.75. The molecule has 0 fully saturated rings. The number of benzene rings is 3. The molecule has 4 nitrogen and oxygen atoms in total. The Morgan fingerprint density at radius 2 is 1.50 bits per heavy atom. The van der Waals surface area contributed by atoms with Gasteiger partial charge in [0.25, 0.3) is 0 Å². The maximum absolute atomic E-state index is 12.5. The van der Waals surface area contributed by atoms with E-state index in [-0.39, 0.29) is 5.78 Å². The van der Waals surface area contributed by atoms with E-state index in [1.165, 1.54) is 11.8 Å². The van der Waals surface area contributed by atoms with Crippen molar-refractivity contribution < 1.29 is 14.3 Å². The minimum Gasteiger partial charge on any atom is -0.454 e. The van der Waals surface area contributed by atoms with Gasteiger partial charge in [0.1, 0.15) is 6.07 Å². The van der Waals surface area contributed by atoms with Crippen LogP contribution in [0.1, 0.15) is 26.3 Å². The summed E-state index contributed by atoms with van der Waals surface area (Å²) in [6.07, 6.45) is 0. The van der Waals surface area contributed by atoms with Gasteiger partial charge in [0.05, 0.1) is 16.1 Å². The van der Waals surface area contributed by atoms with Gasteiger partial charge in [-0.05, 0) is 36.4 Å². The van der Waals surface area contributed by atoms with E-state index in [9.17, 15) is 14.9 Å². The van der Waals surface area contributed by atoms with Crippen molar-refractivity contribution in [2.75, 3.05) is 6.61 Å². The van der Waals surface area contributed by atoms with Crippen LogP contribution in [0.4, 0.5) is 0 Å². The molecule has 0 heterocycles. The number of esters is 1. The topological polar surface area (TPSA) is 67.2 Å². The average Bonchev–Trinajstić information content (AvgIpc) is 2.73. The molecular formula is C22H14ClNO3S. The monoisotopic (exact) mass is 407 g/mol. The Labute approximate surface area is 171 Å². The van der Waals surface area contributed by atoms with Crippen molar-refractivity contribution in [2.45, 2.75) is 9.79 Å². The number of rotatable bonds is 6. The summed E-state index contributed by atoms with van der Waals surface area (Å²) in [4.78, 5) is 26.2. The first-order valence-corrected chi connectivity index (χ1v) is 9.50. The Kier molecular flexibility index (Phi) is 6.49. The van der Waals surface area contributed by atoms with E-state index < -0.39 is 12.6 Å². The summed E-state index contributed by atoms with van der Waals surface area (Å²) >= 11 is 7.30. The number of ketones is 1. The van der Waals surface area contributed by atoms with Crippen molar-refractivity contribution >= 4 is 35.1 Å². The number of hydrogen-bond acceptors (Lipinski definition) is 5. The van der Waals surface area contributed by atoms with Crippen LogP contribution in [0.2, 0.25) is 5.02 Å². The Morgan fingerprint density at radius 1 is 0.893 bits per heavy atom. The largest absolute Gasteiger partial charge is 0.454 e. The first-order chi connectivity index (χ1) is 13.6. The highest BCUT2D eigenvalue weighted by Crippen LogP contribution is 2.32. The number of Topliss-reactive ketones (excluding diaryl/α,β-unsaturated/α-hetero) is 1. The van der Waals surface area contributed by atoms with Crippen LogP contribution < -0.4 is 0 Å². The van der Waals surface area contributed by atoms with Gasteiger partial charge < -0.3 is 4.74 Å². The zero-order valence-corrected chi connectivity index (χ0v) is 16.2. The molecule has 0 spiro atoms. The van der Waals surface area contributed by atoms with Gasteiger partial charge in [0.15, 0.2) is 6.61 Å². The molecule has 0 aliphatic heterocycles. The number of carbonyl (C=O) groups is 2. The van der Waals surface area contributed by atoms with Gasteiger partial charge >= 0.3 is 5.97 Å². The third-order valence-electron chi connectivity index (χ3n) is 3.84. The number of carbonyl (C=O) groups excluding carboxylic acids is 2. The van der Waals surface area contributed by atoms with Crippen molar-refractivity contribution in [2.24, 2.45) is 0 Å². The Hall–Kier alpha value is -3.07. The summed E-state index contributed by atoms with van der Waals surface area (Å²) in [5.41, 5.74) is 1.15. The van der Waals surface area contributed by atoms with Gasteiger partial charge in [-0.15, -0.1) is 0 Å². The molecule has 0 aromatic heterocycles. The molecule has 6 heteroatoms. The van der Waals surface area contributed by atoms with Gasteiger partial charge in [0.2, 0.25) is 5.78 Å². The Morgan fingerprint density at radius 3 is 2.21 bits per heavy atom. The maximum Gasteiger partial charge on any atom is 0.339 e.